The van der Waals surface area contributed by atoms with E-state index in [1.54, 1.807) is 20.8 Å². The van der Waals surface area contributed by atoms with Crippen LogP contribution in [0.3, 0.4) is 0 Å². The number of carboxylic acid groups (broad SMARTS) is 3. The second kappa shape index (κ2) is 18.7. The van der Waals surface area contributed by atoms with Gasteiger partial charge in [-0.1, -0.05) is 98.3 Å². The first kappa shape index (κ1) is 32.4. The molecule has 0 fully saturated rings. The van der Waals surface area contributed by atoms with Gasteiger partial charge < -0.3 is 20.1 Å². The summed E-state index contributed by atoms with van der Waals surface area (Å²) in [7, 11) is 0. The smallest absolute Gasteiger partial charge is 0.362 e. The Bertz CT molecular complexity index is 524. The Morgan fingerprint density at radius 1 is 0.588 bits per heavy atom. The van der Waals surface area contributed by atoms with Crippen molar-refractivity contribution < 1.29 is 34.2 Å². The molecule has 200 valence electrons. The van der Waals surface area contributed by atoms with Crippen LogP contribution >= 0.6 is 0 Å². The van der Waals surface area contributed by atoms with Crippen LogP contribution in [0.1, 0.15) is 130 Å². The van der Waals surface area contributed by atoms with Gasteiger partial charge in [0.1, 0.15) is 6.04 Å². The molecule has 0 saturated carbocycles. The number of hydrogen-bond acceptors (Lipinski definition) is 4. The van der Waals surface area contributed by atoms with E-state index in [0.29, 0.717) is 6.42 Å². The second-order valence-electron chi connectivity index (χ2n) is 9.73. The summed E-state index contributed by atoms with van der Waals surface area (Å²) >= 11 is 0. The van der Waals surface area contributed by atoms with E-state index in [2.05, 4.69) is 6.92 Å². The van der Waals surface area contributed by atoms with Gasteiger partial charge in [-0.2, -0.15) is 0 Å². The van der Waals surface area contributed by atoms with Gasteiger partial charge in [-0.05, 0) is 12.8 Å². The van der Waals surface area contributed by atoms with Crippen LogP contribution in [0, 0.1) is 0 Å². The molecule has 34 heavy (non-hydrogen) atoms. The van der Waals surface area contributed by atoms with E-state index in [4.69, 9.17) is 0 Å². The van der Waals surface area contributed by atoms with Crippen molar-refractivity contribution in [1.82, 2.24) is 0 Å². The number of carboxylic acids is 3. The molecule has 0 aromatic rings. The van der Waals surface area contributed by atoms with E-state index >= 15 is 0 Å². The molecule has 0 aromatic heterocycles. The van der Waals surface area contributed by atoms with Crippen LogP contribution in [0.4, 0.5) is 0 Å². The van der Waals surface area contributed by atoms with Gasteiger partial charge in [0.15, 0.2) is 12.1 Å². The molecule has 7 nitrogen and oxygen atoms in total. The molecular weight excluding hydrogens is 434 g/mol. The molecule has 0 amide bonds. The zero-order valence-corrected chi connectivity index (χ0v) is 22.2. The van der Waals surface area contributed by atoms with E-state index in [0.717, 1.165) is 19.3 Å². The molecule has 0 aliphatic rings. The number of unbranched alkanes of at least 4 members (excludes halogenated alkanes) is 12. The number of carbonyl (C=O) groups is 3. The Kier molecular flexibility index (Phi) is 17.8. The Labute approximate surface area is 207 Å². The van der Waals surface area contributed by atoms with Crippen LogP contribution in [0.2, 0.25) is 0 Å². The predicted octanol–water partition coefficient (Wildman–Crippen LogP) is 5.15. The maximum atomic E-state index is 12.2. The minimum atomic E-state index is -1.36. The van der Waals surface area contributed by atoms with E-state index in [1.807, 2.05) is 0 Å². The van der Waals surface area contributed by atoms with E-state index < -0.39 is 40.5 Å². The van der Waals surface area contributed by atoms with Crippen LogP contribution in [0.25, 0.3) is 0 Å². The quantitative estimate of drug-likeness (QED) is 0.153. The third kappa shape index (κ3) is 10.3. The molecule has 0 radical (unpaired) electrons. The standard InChI is InChI=1S/C27H51NO6/c1-5-9-10-11-12-13-14-15-16-17-18-19-20-21-28(22(6-2)25(29)30,23(7-3)26(31)32)24(8-4)27(33)34/h22-24H,5-21H2,1-4H3,(H2-,29,30,31,32,33,34). The zero-order valence-electron chi connectivity index (χ0n) is 22.2. The Balaban J connectivity index is 5.01. The van der Waals surface area contributed by atoms with Gasteiger partial charge in [-0.25, -0.2) is 9.59 Å². The lowest BCUT2D eigenvalue weighted by atomic mass is 9.93. The Morgan fingerprint density at radius 3 is 1.18 bits per heavy atom. The van der Waals surface area contributed by atoms with Gasteiger partial charge in [-0.15, -0.1) is 0 Å². The molecule has 0 bridgehead atoms. The van der Waals surface area contributed by atoms with Crippen molar-refractivity contribution in [2.75, 3.05) is 6.54 Å². The van der Waals surface area contributed by atoms with Crippen LogP contribution in [0.15, 0.2) is 0 Å². The highest BCUT2D eigenvalue weighted by atomic mass is 16.4. The maximum Gasteiger partial charge on any atom is 0.362 e. The highest BCUT2D eigenvalue weighted by Gasteiger charge is 2.53. The maximum absolute atomic E-state index is 12.2. The highest BCUT2D eigenvalue weighted by Crippen LogP contribution is 2.32. The largest absolute Gasteiger partial charge is 0.544 e. The molecule has 2 N–H and O–H groups in total. The third-order valence-electron chi connectivity index (χ3n) is 7.39. The molecule has 0 aliphatic carbocycles. The fourth-order valence-corrected chi connectivity index (χ4v) is 5.67. The van der Waals surface area contributed by atoms with Gasteiger partial charge >= 0.3 is 11.9 Å². The molecule has 0 spiro atoms. The first-order valence-corrected chi connectivity index (χ1v) is 13.8. The molecule has 0 aliphatic heterocycles. The number of carbonyl (C=O) groups excluding carboxylic acids is 1. The van der Waals surface area contributed by atoms with Gasteiger partial charge in [-0.3, -0.25) is 4.48 Å². The lowest BCUT2D eigenvalue weighted by Crippen LogP contribution is -2.73. The molecule has 7 heteroatoms. The average Bonchev–Trinajstić information content (AvgIpc) is 2.77. The van der Waals surface area contributed by atoms with Crippen molar-refractivity contribution in [3.63, 3.8) is 0 Å². The average molecular weight is 486 g/mol. The summed E-state index contributed by atoms with van der Waals surface area (Å²) in [5, 5.41) is 32.0. The van der Waals surface area contributed by atoms with Crippen LogP contribution < -0.4 is 5.11 Å². The first-order valence-electron chi connectivity index (χ1n) is 13.8. The van der Waals surface area contributed by atoms with Crippen molar-refractivity contribution in [2.24, 2.45) is 0 Å². The second-order valence-corrected chi connectivity index (χ2v) is 9.73. The van der Waals surface area contributed by atoms with E-state index in [1.165, 1.54) is 57.8 Å². The third-order valence-corrected chi connectivity index (χ3v) is 7.39. The minimum Gasteiger partial charge on any atom is -0.544 e. The van der Waals surface area contributed by atoms with Crippen molar-refractivity contribution in [1.29, 1.82) is 0 Å². The number of rotatable bonds is 23. The Morgan fingerprint density at radius 2 is 0.912 bits per heavy atom. The summed E-state index contributed by atoms with van der Waals surface area (Å²) in [6.45, 7) is 7.49. The van der Waals surface area contributed by atoms with Crippen molar-refractivity contribution in [3.05, 3.63) is 0 Å². The molecule has 0 saturated heterocycles. The number of nitrogens with zero attached hydrogens (tertiary/aromatic N) is 1. The summed E-state index contributed by atoms with van der Waals surface area (Å²) in [5.74, 6) is -3.65. The van der Waals surface area contributed by atoms with Crippen LogP contribution in [-0.4, -0.2) is 57.3 Å². The van der Waals surface area contributed by atoms with Gasteiger partial charge in [0.2, 0.25) is 0 Å². The molecule has 0 aromatic carbocycles. The van der Waals surface area contributed by atoms with Crippen molar-refractivity contribution in [3.8, 4) is 0 Å². The van der Waals surface area contributed by atoms with Gasteiger partial charge in [0, 0.05) is 19.3 Å². The first-order chi connectivity index (χ1) is 16.2. The lowest BCUT2D eigenvalue weighted by Gasteiger charge is -2.51. The summed E-state index contributed by atoms with van der Waals surface area (Å²) in [6.07, 6.45) is 15.6. The van der Waals surface area contributed by atoms with Crippen molar-refractivity contribution >= 4 is 17.9 Å². The number of hydrogen-bond donors (Lipinski definition) is 2. The van der Waals surface area contributed by atoms with Crippen LogP contribution in [-0.2, 0) is 14.4 Å². The van der Waals surface area contributed by atoms with Crippen LogP contribution in [0.5, 0.6) is 0 Å². The zero-order chi connectivity index (χ0) is 26.0. The molecule has 3 atom stereocenters. The number of quaternary nitrogens is 1. The lowest BCUT2D eigenvalue weighted by molar-refractivity contribution is -0.974. The summed E-state index contributed by atoms with van der Waals surface area (Å²) in [5.41, 5.74) is 0. The Hall–Kier alpha value is -1.63. The molecule has 0 rings (SSSR count). The van der Waals surface area contributed by atoms with E-state index in [9.17, 15) is 29.7 Å². The molecular formula is C27H51NO6. The SMILES string of the molecule is CCCCCCCCCCCCCCC[N+](C(CC)C(=O)[O-])(C(CC)C(=O)O)C(CC)C(=O)O. The number of aliphatic carboxylic acids is 3. The molecule has 3 unspecified atom stereocenters. The summed E-state index contributed by atoms with van der Waals surface area (Å²) in [6, 6.07) is -3.36. The van der Waals surface area contributed by atoms with E-state index in [-0.39, 0.29) is 25.8 Å². The summed E-state index contributed by atoms with van der Waals surface area (Å²) in [4.78, 5) is 36.4. The summed E-state index contributed by atoms with van der Waals surface area (Å²) < 4.78 is -0.464. The van der Waals surface area contributed by atoms with Gasteiger partial charge in [0.25, 0.3) is 0 Å². The topological polar surface area (TPSA) is 115 Å². The minimum absolute atomic E-state index is 0.133. The fourth-order valence-electron chi connectivity index (χ4n) is 5.67. The monoisotopic (exact) mass is 485 g/mol. The highest BCUT2D eigenvalue weighted by molar-refractivity contribution is 5.77. The normalized spacial score (nSPS) is 15.9. The fraction of sp³-hybridized carbons (Fsp3) is 0.889. The van der Waals surface area contributed by atoms with Gasteiger partial charge in [0.05, 0.1) is 12.5 Å². The van der Waals surface area contributed by atoms with Crippen molar-refractivity contribution in [2.45, 2.75) is 149 Å². The molecule has 0 heterocycles. The predicted molar refractivity (Wildman–Crippen MR) is 133 cm³/mol.